The van der Waals surface area contributed by atoms with Crippen molar-refractivity contribution in [2.75, 3.05) is 25.9 Å². The van der Waals surface area contributed by atoms with Crippen LogP contribution in [0.2, 0.25) is 0 Å². The third-order valence-corrected chi connectivity index (χ3v) is 6.10. The summed E-state index contributed by atoms with van der Waals surface area (Å²) < 4.78 is 24.1. The number of sulfone groups is 1. The van der Waals surface area contributed by atoms with Crippen LogP contribution in [-0.4, -0.2) is 45.2 Å². The summed E-state index contributed by atoms with van der Waals surface area (Å²) in [5.41, 5.74) is 0.933. The van der Waals surface area contributed by atoms with Crippen molar-refractivity contribution >= 4 is 9.84 Å². The SMILES string of the molecule is CN1CCCC1CNC1CS(=O)(=O)c2ccccc21. The number of rotatable bonds is 3. The first kappa shape index (κ1) is 13.1. The van der Waals surface area contributed by atoms with Crippen molar-refractivity contribution < 1.29 is 8.42 Å². The summed E-state index contributed by atoms with van der Waals surface area (Å²) in [6.45, 7) is 2.01. The maximum atomic E-state index is 12.1. The van der Waals surface area contributed by atoms with Gasteiger partial charge in [0.25, 0.3) is 0 Å². The van der Waals surface area contributed by atoms with Crippen LogP contribution in [0.15, 0.2) is 29.2 Å². The van der Waals surface area contributed by atoms with E-state index in [0.29, 0.717) is 10.9 Å². The van der Waals surface area contributed by atoms with Gasteiger partial charge in [-0.25, -0.2) is 8.42 Å². The van der Waals surface area contributed by atoms with Crippen molar-refractivity contribution in [3.8, 4) is 0 Å². The molecule has 1 aromatic carbocycles. The average Bonchev–Trinajstić information content (AvgIpc) is 2.90. The Hall–Kier alpha value is -0.910. The molecule has 1 aromatic rings. The molecule has 104 valence electrons. The zero-order valence-corrected chi connectivity index (χ0v) is 12.0. The predicted molar refractivity (Wildman–Crippen MR) is 74.9 cm³/mol. The van der Waals surface area contributed by atoms with Gasteiger partial charge < -0.3 is 10.2 Å². The Bertz CT molecular complexity index is 571. The Morgan fingerprint density at radius 3 is 2.89 bits per heavy atom. The van der Waals surface area contributed by atoms with Gasteiger partial charge in [-0.1, -0.05) is 18.2 Å². The zero-order chi connectivity index (χ0) is 13.5. The van der Waals surface area contributed by atoms with Crippen molar-refractivity contribution in [1.82, 2.24) is 10.2 Å². The minimum Gasteiger partial charge on any atom is -0.307 e. The van der Waals surface area contributed by atoms with Gasteiger partial charge in [0.15, 0.2) is 9.84 Å². The Labute approximate surface area is 114 Å². The number of hydrogen-bond donors (Lipinski definition) is 1. The van der Waals surface area contributed by atoms with E-state index in [1.807, 2.05) is 12.1 Å². The third kappa shape index (κ3) is 2.42. The molecule has 2 atom stereocenters. The molecule has 5 heteroatoms. The van der Waals surface area contributed by atoms with Crippen molar-refractivity contribution in [2.24, 2.45) is 0 Å². The lowest BCUT2D eigenvalue weighted by Gasteiger charge is -2.22. The summed E-state index contributed by atoms with van der Waals surface area (Å²) in [4.78, 5) is 2.86. The van der Waals surface area contributed by atoms with Crippen molar-refractivity contribution in [3.63, 3.8) is 0 Å². The molecule has 1 fully saturated rings. The lowest BCUT2D eigenvalue weighted by molar-refractivity contribution is 0.294. The third-order valence-electron chi connectivity index (χ3n) is 4.29. The molecule has 0 spiro atoms. The van der Waals surface area contributed by atoms with Crippen molar-refractivity contribution in [3.05, 3.63) is 29.8 Å². The van der Waals surface area contributed by atoms with Crippen LogP contribution in [0.3, 0.4) is 0 Å². The molecule has 2 aliphatic rings. The molecule has 2 unspecified atom stereocenters. The minimum atomic E-state index is -3.09. The number of nitrogens with one attached hydrogen (secondary N) is 1. The quantitative estimate of drug-likeness (QED) is 0.904. The van der Waals surface area contributed by atoms with Gasteiger partial charge in [0.2, 0.25) is 0 Å². The van der Waals surface area contributed by atoms with E-state index in [4.69, 9.17) is 0 Å². The maximum Gasteiger partial charge on any atom is 0.180 e. The van der Waals surface area contributed by atoms with Crippen LogP contribution in [0.25, 0.3) is 0 Å². The van der Waals surface area contributed by atoms with Gasteiger partial charge in [0.05, 0.1) is 10.6 Å². The van der Waals surface area contributed by atoms with Crippen LogP contribution >= 0.6 is 0 Å². The van der Waals surface area contributed by atoms with Gasteiger partial charge in [0.1, 0.15) is 0 Å². The van der Waals surface area contributed by atoms with E-state index in [0.717, 1.165) is 18.7 Å². The second-order valence-electron chi connectivity index (χ2n) is 5.56. The maximum absolute atomic E-state index is 12.1. The molecule has 4 nitrogen and oxygen atoms in total. The predicted octanol–water partition coefficient (Wildman–Crippen LogP) is 1.20. The van der Waals surface area contributed by atoms with Crippen molar-refractivity contribution in [1.29, 1.82) is 0 Å². The normalized spacial score (nSPS) is 29.5. The highest BCUT2D eigenvalue weighted by Crippen LogP contribution is 2.33. The molecule has 0 saturated carbocycles. The molecule has 1 N–H and O–H groups in total. The van der Waals surface area contributed by atoms with Crippen molar-refractivity contribution in [2.45, 2.75) is 29.8 Å². The molecule has 0 aliphatic carbocycles. The topological polar surface area (TPSA) is 49.4 Å². The second-order valence-corrected chi connectivity index (χ2v) is 7.56. The minimum absolute atomic E-state index is 0.0461. The Kier molecular flexibility index (Phi) is 3.37. The second kappa shape index (κ2) is 4.89. The molecule has 0 aromatic heterocycles. The Morgan fingerprint density at radius 1 is 1.37 bits per heavy atom. The van der Waals surface area contributed by atoms with Gasteiger partial charge in [-0.2, -0.15) is 0 Å². The Balaban J connectivity index is 1.73. The first-order valence-electron chi connectivity index (χ1n) is 6.83. The number of fused-ring (bicyclic) bond motifs is 1. The molecular formula is C14H20N2O2S. The van der Waals surface area contributed by atoms with E-state index in [2.05, 4.69) is 17.3 Å². The van der Waals surface area contributed by atoms with E-state index < -0.39 is 9.84 Å². The fourth-order valence-corrected chi connectivity index (χ4v) is 4.91. The summed E-state index contributed by atoms with van der Waals surface area (Å²) in [6.07, 6.45) is 2.44. The van der Waals surface area contributed by atoms with E-state index in [1.54, 1.807) is 12.1 Å². The molecule has 2 aliphatic heterocycles. The van der Waals surface area contributed by atoms with Gasteiger partial charge >= 0.3 is 0 Å². The standard InChI is InChI=1S/C14H20N2O2S/c1-16-8-4-5-11(16)9-15-13-10-19(17,18)14-7-3-2-6-12(13)14/h2-3,6-7,11,13,15H,4-5,8-10H2,1H3. The number of hydrogen-bond acceptors (Lipinski definition) is 4. The highest BCUT2D eigenvalue weighted by atomic mass is 32.2. The molecule has 3 rings (SSSR count). The van der Waals surface area contributed by atoms with Crippen LogP contribution in [0.5, 0.6) is 0 Å². The van der Waals surface area contributed by atoms with Gasteiger partial charge in [-0.05, 0) is 38.1 Å². The summed E-state index contributed by atoms with van der Waals surface area (Å²) in [5.74, 6) is 0.197. The summed E-state index contributed by atoms with van der Waals surface area (Å²) in [7, 11) is -0.953. The highest BCUT2D eigenvalue weighted by molar-refractivity contribution is 7.91. The van der Waals surface area contributed by atoms with Crippen LogP contribution in [-0.2, 0) is 9.84 Å². The smallest absolute Gasteiger partial charge is 0.180 e. The molecule has 19 heavy (non-hydrogen) atoms. The van der Waals surface area contributed by atoms with Gasteiger partial charge in [0, 0.05) is 18.6 Å². The highest BCUT2D eigenvalue weighted by Gasteiger charge is 2.34. The zero-order valence-electron chi connectivity index (χ0n) is 11.2. The molecule has 0 amide bonds. The van der Waals surface area contributed by atoms with Crippen LogP contribution in [0, 0.1) is 0 Å². The van der Waals surface area contributed by atoms with Gasteiger partial charge in [-0.3, -0.25) is 0 Å². The fraction of sp³-hybridized carbons (Fsp3) is 0.571. The lowest BCUT2D eigenvalue weighted by atomic mass is 10.1. The van der Waals surface area contributed by atoms with E-state index in [9.17, 15) is 8.42 Å². The summed E-state index contributed by atoms with van der Waals surface area (Å²) in [5, 5.41) is 3.44. The molecule has 2 heterocycles. The van der Waals surface area contributed by atoms with Crippen LogP contribution < -0.4 is 5.32 Å². The number of nitrogens with zero attached hydrogens (tertiary/aromatic N) is 1. The first-order chi connectivity index (χ1) is 9.08. The summed E-state index contributed by atoms with van der Waals surface area (Å²) in [6, 6.07) is 7.84. The van der Waals surface area contributed by atoms with E-state index >= 15 is 0 Å². The average molecular weight is 280 g/mol. The number of likely N-dealkylation sites (tertiary alicyclic amines) is 1. The molecule has 0 bridgehead atoms. The molecule has 1 saturated heterocycles. The van der Waals surface area contributed by atoms with Crippen LogP contribution in [0.1, 0.15) is 24.4 Å². The largest absolute Gasteiger partial charge is 0.307 e. The Morgan fingerprint density at radius 2 is 2.16 bits per heavy atom. The molecule has 0 radical (unpaired) electrons. The van der Waals surface area contributed by atoms with Crippen LogP contribution in [0.4, 0.5) is 0 Å². The summed E-state index contributed by atoms with van der Waals surface area (Å²) >= 11 is 0. The van der Waals surface area contributed by atoms with Gasteiger partial charge in [-0.15, -0.1) is 0 Å². The number of likely N-dealkylation sites (N-methyl/N-ethyl adjacent to an activating group) is 1. The lowest BCUT2D eigenvalue weighted by Crippen LogP contribution is -2.37. The first-order valence-corrected chi connectivity index (χ1v) is 8.48. The van der Waals surface area contributed by atoms with E-state index in [-0.39, 0.29) is 11.8 Å². The fourth-order valence-electron chi connectivity index (χ4n) is 3.13. The van der Waals surface area contributed by atoms with E-state index in [1.165, 1.54) is 12.8 Å². The molecular weight excluding hydrogens is 260 g/mol. The monoisotopic (exact) mass is 280 g/mol. The number of benzene rings is 1.